The average Bonchev–Trinajstić information content (AvgIpc) is 2.54. The maximum atomic E-state index is 10.8. The number of hydrogen-bond donors (Lipinski definition) is 0. The number of aromatic nitrogens is 1. The first-order valence-corrected chi connectivity index (χ1v) is 10.1. The first-order valence-electron chi connectivity index (χ1n) is 8.27. The molecule has 0 spiro atoms. The smallest absolute Gasteiger partial charge is 0.264 e. The van der Waals surface area contributed by atoms with Gasteiger partial charge in [0.1, 0.15) is 5.82 Å². The lowest BCUT2D eigenvalue weighted by molar-refractivity contribution is 0.249. The van der Waals surface area contributed by atoms with Crippen molar-refractivity contribution in [2.75, 3.05) is 50.5 Å². The van der Waals surface area contributed by atoms with Crippen LogP contribution < -0.4 is 4.90 Å². The molecule has 130 valence electrons. The summed E-state index contributed by atoms with van der Waals surface area (Å²) in [5, 5.41) is 0. The van der Waals surface area contributed by atoms with Gasteiger partial charge in [-0.05, 0) is 31.5 Å². The Kier molecular flexibility index (Phi) is 7.26. The van der Waals surface area contributed by atoms with Crippen LogP contribution in [0, 0.1) is 0 Å². The highest BCUT2D eigenvalue weighted by Gasteiger charge is 2.17. The molecule has 6 nitrogen and oxygen atoms in total. The van der Waals surface area contributed by atoms with Crippen LogP contribution in [0.1, 0.15) is 25.7 Å². The van der Waals surface area contributed by atoms with Crippen LogP contribution in [0.25, 0.3) is 0 Å². The monoisotopic (exact) mass is 341 g/mol. The highest BCUT2D eigenvalue weighted by Crippen LogP contribution is 2.13. The van der Waals surface area contributed by atoms with Crippen molar-refractivity contribution in [1.29, 1.82) is 0 Å². The zero-order valence-corrected chi connectivity index (χ0v) is 14.7. The molecular weight excluding hydrogens is 314 g/mol. The highest BCUT2D eigenvalue weighted by molar-refractivity contribution is 7.85. The van der Waals surface area contributed by atoms with Crippen molar-refractivity contribution >= 4 is 15.9 Å². The van der Waals surface area contributed by atoms with Gasteiger partial charge in [-0.15, -0.1) is 0 Å². The Hall–Kier alpha value is -1.18. The second-order valence-corrected chi connectivity index (χ2v) is 7.60. The molecule has 1 aromatic heterocycles. The second-order valence-electron chi connectivity index (χ2n) is 5.96. The first kappa shape index (κ1) is 18.2. The molecule has 1 aliphatic heterocycles. The van der Waals surface area contributed by atoms with Gasteiger partial charge in [0.25, 0.3) is 10.1 Å². The topological polar surface area (TPSA) is 62.7 Å². The van der Waals surface area contributed by atoms with Gasteiger partial charge in [-0.2, -0.15) is 8.42 Å². The van der Waals surface area contributed by atoms with E-state index < -0.39 is 10.1 Å². The van der Waals surface area contributed by atoms with Gasteiger partial charge in [-0.25, -0.2) is 4.98 Å². The molecule has 2 heterocycles. The van der Waals surface area contributed by atoms with E-state index in [1.165, 1.54) is 0 Å². The van der Waals surface area contributed by atoms with Crippen LogP contribution >= 0.6 is 0 Å². The lowest BCUT2D eigenvalue weighted by atomic mass is 10.2. The maximum Gasteiger partial charge on any atom is 0.264 e. The van der Waals surface area contributed by atoms with Crippen molar-refractivity contribution in [3.8, 4) is 0 Å². The lowest BCUT2D eigenvalue weighted by Crippen LogP contribution is -2.46. The summed E-state index contributed by atoms with van der Waals surface area (Å²) < 4.78 is 26.4. The zero-order chi connectivity index (χ0) is 16.5. The minimum absolute atomic E-state index is 0.307. The van der Waals surface area contributed by atoms with Crippen LogP contribution in [-0.4, -0.2) is 63.9 Å². The summed E-state index contributed by atoms with van der Waals surface area (Å²) in [6, 6.07) is 6.04. The Balaban J connectivity index is 1.52. The van der Waals surface area contributed by atoms with E-state index in [1.807, 2.05) is 18.3 Å². The first-order chi connectivity index (χ1) is 11.0. The number of piperazine rings is 1. The van der Waals surface area contributed by atoms with Crippen molar-refractivity contribution in [3.63, 3.8) is 0 Å². The molecule has 0 atom stereocenters. The fourth-order valence-electron chi connectivity index (χ4n) is 2.74. The van der Waals surface area contributed by atoms with Crippen molar-refractivity contribution in [2.45, 2.75) is 25.7 Å². The third-order valence-corrected chi connectivity index (χ3v) is 4.61. The van der Waals surface area contributed by atoms with Crippen molar-refractivity contribution < 1.29 is 12.6 Å². The number of unbranched alkanes of at least 4 members (excludes halogenated alkanes) is 3. The molecule has 0 N–H and O–H groups in total. The van der Waals surface area contributed by atoms with Gasteiger partial charge in [0, 0.05) is 32.4 Å². The van der Waals surface area contributed by atoms with E-state index in [4.69, 9.17) is 4.18 Å². The molecule has 0 bridgehead atoms. The summed E-state index contributed by atoms with van der Waals surface area (Å²) in [5.74, 6) is 1.07. The van der Waals surface area contributed by atoms with Crippen LogP contribution in [0.3, 0.4) is 0 Å². The Morgan fingerprint density at radius 3 is 2.48 bits per heavy atom. The van der Waals surface area contributed by atoms with Crippen LogP contribution in [-0.2, 0) is 14.3 Å². The van der Waals surface area contributed by atoms with E-state index >= 15 is 0 Å². The van der Waals surface area contributed by atoms with Gasteiger partial charge in [-0.3, -0.25) is 9.08 Å². The molecule has 1 aliphatic rings. The maximum absolute atomic E-state index is 10.8. The van der Waals surface area contributed by atoms with Gasteiger partial charge in [0.2, 0.25) is 0 Å². The number of anilines is 1. The van der Waals surface area contributed by atoms with E-state index in [1.54, 1.807) is 0 Å². The van der Waals surface area contributed by atoms with E-state index in [2.05, 4.69) is 20.9 Å². The van der Waals surface area contributed by atoms with E-state index in [0.29, 0.717) is 6.61 Å². The molecule has 7 heteroatoms. The fourth-order valence-corrected chi connectivity index (χ4v) is 3.16. The third kappa shape index (κ3) is 7.28. The molecule has 0 unspecified atom stereocenters. The normalized spacial score (nSPS) is 16.7. The van der Waals surface area contributed by atoms with Gasteiger partial charge < -0.3 is 4.90 Å². The quantitative estimate of drug-likeness (QED) is 0.504. The van der Waals surface area contributed by atoms with Crippen molar-refractivity contribution in [3.05, 3.63) is 24.4 Å². The molecule has 2 rings (SSSR count). The summed E-state index contributed by atoms with van der Waals surface area (Å²) in [7, 11) is -3.28. The van der Waals surface area contributed by atoms with Crippen LogP contribution in [0.5, 0.6) is 0 Å². The average molecular weight is 341 g/mol. The Morgan fingerprint density at radius 2 is 1.83 bits per heavy atom. The zero-order valence-electron chi connectivity index (χ0n) is 13.9. The van der Waals surface area contributed by atoms with Crippen LogP contribution in [0.2, 0.25) is 0 Å². The number of hydrogen-bond acceptors (Lipinski definition) is 6. The fraction of sp³-hybridized carbons (Fsp3) is 0.688. The molecule has 0 amide bonds. The Bertz CT molecular complexity index is 543. The molecule has 1 aromatic rings. The Morgan fingerprint density at radius 1 is 1.09 bits per heavy atom. The van der Waals surface area contributed by atoms with E-state index in [-0.39, 0.29) is 0 Å². The minimum Gasteiger partial charge on any atom is -0.354 e. The standard InChI is InChI=1S/C16H27N3O3S/c1-23(20,21)22-15-7-3-2-6-10-18-11-13-19(14-12-18)16-8-4-5-9-17-16/h4-5,8-9H,2-3,6-7,10-15H2,1H3. The van der Waals surface area contributed by atoms with Crippen LogP contribution in [0.15, 0.2) is 24.4 Å². The molecule has 0 saturated carbocycles. The SMILES string of the molecule is CS(=O)(=O)OCCCCCCN1CCN(c2ccccn2)CC1. The molecule has 0 aromatic carbocycles. The highest BCUT2D eigenvalue weighted by atomic mass is 32.2. The summed E-state index contributed by atoms with van der Waals surface area (Å²) >= 11 is 0. The molecule has 1 saturated heterocycles. The predicted octanol–water partition coefficient (Wildman–Crippen LogP) is 1.74. The molecule has 0 radical (unpaired) electrons. The van der Waals surface area contributed by atoms with E-state index in [9.17, 15) is 8.42 Å². The number of nitrogens with zero attached hydrogens (tertiary/aromatic N) is 3. The molecule has 23 heavy (non-hydrogen) atoms. The number of pyridine rings is 1. The second kappa shape index (κ2) is 9.20. The summed E-state index contributed by atoms with van der Waals surface area (Å²) in [6.07, 6.45) is 7.03. The van der Waals surface area contributed by atoms with Gasteiger partial charge in [0.05, 0.1) is 12.9 Å². The number of rotatable bonds is 9. The van der Waals surface area contributed by atoms with Crippen molar-refractivity contribution in [2.24, 2.45) is 0 Å². The van der Waals surface area contributed by atoms with Gasteiger partial charge in [0.15, 0.2) is 0 Å². The van der Waals surface area contributed by atoms with Gasteiger partial charge in [-0.1, -0.05) is 18.9 Å². The predicted molar refractivity (Wildman–Crippen MR) is 92.2 cm³/mol. The Labute approximate surface area is 139 Å². The van der Waals surface area contributed by atoms with E-state index in [0.717, 1.165) is 70.5 Å². The molecular formula is C16H27N3O3S. The summed E-state index contributed by atoms with van der Waals surface area (Å²) in [4.78, 5) is 9.23. The minimum atomic E-state index is -3.28. The van der Waals surface area contributed by atoms with Gasteiger partial charge >= 0.3 is 0 Å². The third-order valence-electron chi connectivity index (χ3n) is 4.01. The largest absolute Gasteiger partial charge is 0.354 e. The lowest BCUT2D eigenvalue weighted by Gasteiger charge is -2.35. The van der Waals surface area contributed by atoms with Crippen LogP contribution in [0.4, 0.5) is 5.82 Å². The molecule has 0 aliphatic carbocycles. The van der Waals surface area contributed by atoms with Crippen molar-refractivity contribution in [1.82, 2.24) is 9.88 Å². The summed E-state index contributed by atoms with van der Waals surface area (Å²) in [6.45, 7) is 5.63. The summed E-state index contributed by atoms with van der Waals surface area (Å²) in [5.41, 5.74) is 0. The molecule has 1 fully saturated rings.